The second-order valence-electron chi connectivity index (χ2n) is 8.42. The van der Waals surface area contributed by atoms with Crippen LogP contribution in [-0.4, -0.2) is 59.4 Å². The summed E-state index contributed by atoms with van der Waals surface area (Å²) in [6.45, 7) is 10.2. The topological polar surface area (TPSA) is 136 Å². The molecule has 0 spiro atoms. The number of amides is 1. The molecule has 0 aliphatic carbocycles. The van der Waals surface area contributed by atoms with E-state index in [2.05, 4.69) is 16.5 Å². The van der Waals surface area contributed by atoms with Gasteiger partial charge in [0.05, 0.1) is 29.4 Å². The lowest BCUT2D eigenvalue weighted by Crippen LogP contribution is -2.55. The van der Waals surface area contributed by atoms with Gasteiger partial charge in [0.25, 0.3) is 0 Å². The van der Waals surface area contributed by atoms with Gasteiger partial charge in [-0.15, -0.1) is 0 Å². The van der Waals surface area contributed by atoms with Crippen molar-refractivity contribution in [3.63, 3.8) is 0 Å². The number of carbonyl (C=O) groups is 1. The number of nitrogens with two attached hydrogens (primary N) is 2. The molecule has 1 aliphatic heterocycles. The Balaban J connectivity index is 1.90. The average Bonchev–Trinajstić information content (AvgIpc) is 3.09. The van der Waals surface area contributed by atoms with Crippen LogP contribution in [0.1, 0.15) is 32.5 Å². The van der Waals surface area contributed by atoms with Crippen molar-refractivity contribution in [2.24, 2.45) is 11.5 Å². The third-order valence-electron chi connectivity index (χ3n) is 5.89. The Bertz CT molecular complexity index is 1300. The predicted octanol–water partition coefficient (Wildman–Crippen LogP) is -0.901. The molecule has 2 heterocycles. The summed E-state index contributed by atoms with van der Waals surface area (Å²) in [4.78, 5) is 18.5. The Morgan fingerprint density at radius 2 is 1.97 bits per heavy atom. The van der Waals surface area contributed by atoms with E-state index in [0.29, 0.717) is 25.0 Å². The predicted molar refractivity (Wildman–Crippen MR) is 129 cm³/mol. The molecule has 0 atom stereocenters. The molecule has 10 heteroatoms. The van der Waals surface area contributed by atoms with E-state index in [4.69, 9.17) is 16.5 Å². The van der Waals surface area contributed by atoms with Crippen molar-refractivity contribution in [3.05, 3.63) is 51.2 Å². The Kier molecular flexibility index (Phi) is 7.80. The molecule has 1 aromatic heterocycles. The summed E-state index contributed by atoms with van der Waals surface area (Å²) in [5.41, 5.74) is 12.0. The fourth-order valence-electron chi connectivity index (χ4n) is 4.20. The number of aromatic nitrogens is 2. The first-order valence-corrected chi connectivity index (χ1v) is 13.0. The van der Waals surface area contributed by atoms with Gasteiger partial charge in [-0.3, -0.25) is 4.79 Å². The van der Waals surface area contributed by atoms with E-state index in [9.17, 15) is 13.2 Å². The molecule has 0 bridgehead atoms. The summed E-state index contributed by atoms with van der Waals surface area (Å²) in [7, 11) is -2.99. The van der Waals surface area contributed by atoms with Crippen molar-refractivity contribution in [1.29, 1.82) is 0 Å². The summed E-state index contributed by atoms with van der Waals surface area (Å²) in [6, 6.07) is 7.58. The van der Waals surface area contributed by atoms with Gasteiger partial charge < -0.3 is 26.3 Å². The van der Waals surface area contributed by atoms with Gasteiger partial charge in [0.1, 0.15) is 17.0 Å². The number of benzene rings is 1. The van der Waals surface area contributed by atoms with Crippen LogP contribution in [0, 0.1) is 10.6 Å². The molecule has 2 aromatic rings. The zero-order valence-electron chi connectivity index (χ0n) is 19.4. The van der Waals surface area contributed by atoms with Crippen LogP contribution < -0.4 is 27.4 Å². The van der Waals surface area contributed by atoms with E-state index in [1.54, 1.807) is 4.90 Å². The van der Waals surface area contributed by atoms with E-state index < -0.39 is 9.84 Å². The van der Waals surface area contributed by atoms with Crippen molar-refractivity contribution >= 4 is 28.1 Å². The fourth-order valence-corrected chi connectivity index (χ4v) is 5.64. The summed E-state index contributed by atoms with van der Waals surface area (Å²) < 4.78 is 25.2. The van der Waals surface area contributed by atoms with Crippen LogP contribution in [-0.2, 0) is 27.7 Å². The minimum Gasteiger partial charge on any atom is -0.384 e. The average molecular weight is 475 g/mol. The fraction of sp³-hybridized carbons (Fsp3) is 0.478. The lowest BCUT2D eigenvalue weighted by atomic mass is 10.2. The SMILES string of the molecule is C=c1cccc/c1=c1/c(=C(N)N)nc(CNCC)n1CCCCN(C(C)=O)C1CS(=O)(=O)C1. The van der Waals surface area contributed by atoms with Crippen LogP contribution in [0.5, 0.6) is 0 Å². The molecule has 3 rings (SSSR count). The Hall–Kier alpha value is -2.85. The highest BCUT2D eigenvalue weighted by molar-refractivity contribution is 7.92. The molecule has 0 unspecified atom stereocenters. The molecule has 1 aromatic carbocycles. The van der Waals surface area contributed by atoms with Crippen molar-refractivity contribution in [1.82, 2.24) is 19.8 Å². The monoisotopic (exact) mass is 474 g/mol. The van der Waals surface area contributed by atoms with E-state index in [0.717, 1.165) is 41.0 Å². The van der Waals surface area contributed by atoms with Gasteiger partial charge in [0, 0.05) is 25.2 Å². The van der Waals surface area contributed by atoms with Gasteiger partial charge in [-0.25, -0.2) is 13.4 Å². The Labute approximate surface area is 194 Å². The number of sulfone groups is 1. The normalized spacial score (nSPS) is 16.3. The van der Waals surface area contributed by atoms with E-state index in [1.165, 1.54) is 6.92 Å². The van der Waals surface area contributed by atoms with Gasteiger partial charge in [-0.1, -0.05) is 37.8 Å². The number of unbranched alkanes of at least 4 members (excludes halogenated alkanes) is 1. The number of rotatable bonds is 9. The van der Waals surface area contributed by atoms with Crippen molar-refractivity contribution in [2.45, 2.75) is 45.8 Å². The molecule has 9 nitrogen and oxygen atoms in total. The standard InChI is InChI=1S/C23H34N6O3S/c1-4-26-13-20-27-21(23(24)25)22(19-10-6-5-9-16(19)2)29(20)12-8-7-11-28(17(3)30)18-14-33(31,32)15-18/h5-6,9-10,18,26H,2,4,7-8,11-15,24-25H2,1,3H3/b22-19+. The molecular weight excluding hydrogens is 440 g/mol. The van der Waals surface area contributed by atoms with Crippen molar-refractivity contribution in [3.8, 4) is 0 Å². The molecule has 33 heavy (non-hydrogen) atoms. The molecule has 1 fully saturated rings. The van der Waals surface area contributed by atoms with Crippen LogP contribution in [0.15, 0.2) is 24.3 Å². The van der Waals surface area contributed by atoms with E-state index >= 15 is 0 Å². The first-order valence-electron chi connectivity index (χ1n) is 11.2. The third kappa shape index (κ3) is 5.75. The molecule has 180 valence electrons. The molecule has 1 amide bonds. The lowest BCUT2D eigenvalue weighted by Gasteiger charge is -2.36. The smallest absolute Gasteiger partial charge is 0.219 e. The largest absolute Gasteiger partial charge is 0.384 e. The first kappa shape index (κ1) is 24.8. The number of carbonyl (C=O) groups excluding carboxylic acids is 1. The Morgan fingerprint density at radius 1 is 1.27 bits per heavy atom. The van der Waals surface area contributed by atoms with E-state index in [1.807, 2.05) is 31.2 Å². The third-order valence-corrected chi connectivity index (χ3v) is 7.68. The van der Waals surface area contributed by atoms with Crippen LogP contribution in [0.2, 0.25) is 0 Å². The van der Waals surface area contributed by atoms with Crippen LogP contribution in [0.3, 0.4) is 0 Å². The van der Waals surface area contributed by atoms with Crippen LogP contribution in [0.25, 0.3) is 12.4 Å². The van der Waals surface area contributed by atoms with Gasteiger partial charge >= 0.3 is 0 Å². The number of nitrogens with zero attached hydrogens (tertiary/aromatic N) is 3. The van der Waals surface area contributed by atoms with Gasteiger partial charge in [0.2, 0.25) is 5.91 Å². The number of nitrogens with one attached hydrogen (secondary N) is 1. The Morgan fingerprint density at radius 3 is 2.55 bits per heavy atom. The number of imidazole rings is 1. The summed E-state index contributed by atoms with van der Waals surface area (Å²) >= 11 is 0. The highest BCUT2D eigenvalue weighted by Crippen LogP contribution is 2.18. The maximum Gasteiger partial charge on any atom is 0.219 e. The molecule has 1 saturated heterocycles. The highest BCUT2D eigenvalue weighted by atomic mass is 32.2. The number of hydrogen-bond acceptors (Lipinski definition) is 7. The van der Waals surface area contributed by atoms with E-state index in [-0.39, 0.29) is 29.3 Å². The van der Waals surface area contributed by atoms with Crippen molar-refractivity contribution < 1.29 is 13.2 Å². The zero-order valence-corrected chi connectivity index (χ0v) is 20.2. The minimum atomic E-state index is -2.99. The maximum atomic E-state index is 12.1. The first-order chi connectivity index (χ1) is 15.6. The van der Waals surface area contributed by atoms with Crippen LogP contribution >= 0.6 is 0 Å². The summed E-state index contributed by atoms with van der Waals surface area (Å²) in [5, 5.41) is 6.46. The second kappa shape index (κ2) is 10.4. The lowest BCUT2D eigenvalue weighted by molar-refractivity contribution is -0.130. The zero-order chi connectivity index (χ0) is 24.2. The van der Waals surface area contributed by atoms with Crippen molar-refractivity contribution in [2.75, 3.05) is 24.6 Å². The second-order valence-corrected chi connectivity index (χ2v) is 10.6. The maximum absolute atomic E-state index is 12.1. The number of hydrogen-bond donors (Lipinski definition) is 3. The quantitative estimate of drug-likeness (QED) is 0.401. The molecule has 0 radical (unpaired) electrons. The minimum absolute atomic E-state index is 0.0559. The van der Waals surface area contributed by atoms with Crippen LogP contribution in [0.4, 0.5) is 0 Å². The van der Waals surface area contributed by atoms with Gasteiger partial charge in [-0.05, 0) is 24.6 Å². The molecule has 5 N–H and O–H groups in total. The summed E-state index contributed by atoms with van der Waals surface area (Å²) in [6.07, 6.45) is 1.51. The van der Waals surface area contributed by atoms with Gasteiger partial charge in [-0.2, -0.15) is 0 Å². The highest BCUT2D eigenvalue weighted by Gasteiger charge is 2.38. The van der Waals surface area contributed by atoms with Gasteiger partial charge in [0.15, 0.2) is 9.84 Å². The molecular formula is C23H34N6O3S. The molecule has 0 saturated carbocycles. The molecule has 1 aliphatic rings. The summed E-state index contributed by atoms with van der Waals surface area (Å²) in [5.74, 6) is 0.997.